The lowest BCUT2D eigenvalue weighted by atomic mass is 9.98. The normalized spacial score (nSPS) is 11.9. The molecule has 0 saturated carbocycles. The molecule has 2 rings (SSSR count). The highest BCUT2D eigenvalue weighted by Crippen LogP contribution is 2.27. The summed E-state index contributed by atoms with van der Waals surface area (Å²) in [4.78, 5) is 8.00. The number of hydrogen-bond acceptors (Lipinski definition) is 4. The van der Waals surface area contributed by atoms with Gasteiger partial charge in [-0.2, -0.15) is 0 Å². The first-order chi connectivity index (χ1) is 9.86. The second-order valence-corrected chi connectivity index (χ2v) is 7.75. The van der Waals surface area contributed by atoms with Crippen LogP contribution >= 0.6 is 11.3 Å². The molecule has 114 valence electrons. The summed E-state index contributed by atoms with van der Waals surface area (Å²) in [5, 5.41) is 4.74. The highest BCUT2D eigenvalue weighted by molar-refractivity contribution is 7.11. The standard InChI is InChI=1S/C17H25N3S/c1-17(2,3)16-19-11-14(21-16)10-18-15-9-7-6-8-13(15)12-20(4)5/h6-9,11,18H,10,12H2,1-5H3. The number of nitrogens with zero attached hydrogens (tertiary/aromatic N) is 2. The van der Waals surface area contributed by atoms with Gasteiger partial charge < -0.3 is 10.2 Å². The maximum absolute atomic E-state index is 4.54. The van der Waals surface area contributed by atoms with Gasteiger partial charge in [0.1, 0.15) is 0 Å². The molecule has 1 heterocycles. The summed E-state index contributed by atoms with van der Waals surface area (Å²) in [5.41, 5.74) is 2.66. The van der Waals surface area contributed by atoms with E-state index in [1.807, 2.05) is 6.20 Å². The molecule has 0 atom stereocenters. The van der Waals surface area contributed by atoms with Crippen molar-refractivity contribution < 1.29 is 0 Å². The van der Waals surface area contributed by atoms with Crippen molar-refractivity contribution in [3.05, 3.63) is 45.9 Å². The minimum atomic E-state index is 0.131. The molecule has 0 amide bonds. The van der Waals surface area contributed by atoms with Gasteiger partial charge in [-0.15, -0.1) is 11.3 Å². The molecule has 0 fully saturated rings. The molecule has 0 aliphatic carbocycles. The Kier molecular flexibility index (Phi) is 5.01. The van der Waals surface area contributed by atoms with Crippen LogP contribution in [0.3, 0.4) is 0 Å². The quantitative estimate of drug-likeness (QED) is 0.901. The molecular weight excluding hydrogens is 278 g/mol. The zero-order valence-corrected chi connectivity index (χ0v) is 14.4. The van der Waals surface area contributed by atoms with Crippen LogP contribution in [0.5, 0.6) is 0 Å². The summed E-state index contributed by atoms with van der Waals surface area (Å²) in [6.07, 6.45) is 1.99. The van der Waals surface area contributed by atoms with Gasteiger partial charge in [0.15, 0.2) is 0 Å². The summed E-state index contributed by atoms with van der Waals surface area (Å²) in [5.74, 6) is 0. The average molecular weight is 303 g/mol. The smallest absolute Gasteiger partial charge is 0.0981 e. The largest absolute Gasteiger partial charge is 0.380 e. The van der Waals surface area contributed by atoms with Gasteiger partial charge in [0.05, 0.1) is 11.6 Å². The van der Waals surface area contributed by atoms with Gasteiger partial charge >= 0.3 is 0 Å². The van der Waals surface area contributed by atoms with Crippen LogP contribution in [0.15, 0.2) is 30.5 Å². The van der Waals surface area contributed by atoms with Crippen molar-refractivity contribution in [3.8, 4) is 0 Å². The minimum Gasteiger partial charge on any atom is -0.380 e. The van der Waals surface area contributed by atoms with Gasteiger partial charge in [-0.1, -0.05) is 39.0 Å². The molecule has 0 saturated heterocycles. The second kappa shape index (κ2) is 6.58. The monoisotopic (exact) mass is 303 g/mol. The van der Waals surface area contributed by atoms with Crippen molar-refractivity contribution in [2.24, 2.45) is 0 Å². The Balaban J connectivity index is 2.05. The lowest BCUT2D eigenvalue weighted by molar-refractivity contribution is 0.403. The Hall–Kier alpha value is -1.39. The first-order valence-corrected chi connectivity index (χ1v) is 8.09. The van der Waals surface area contributed by atoms with Crippen LogP contribution < -0.4 is 5.32 Å². The molecular formula is C17H25N3S. The lowest BCUT2D eigenvalue weighted by Crippen LogP contribution is -2.12. The number of rotatable bonds is 5. The predicted octanol–water partition coefficient (Wildman–Crippen LogP) is 4.11. The Labute approximate surface area is 132 Å². The van der Waals surface area contributed by atoms with E-state index in [4.69, 9.17) is 0 Å². The fourth-order valence-electron chi connectivity index (χ4n) is 2.09. The van der Waals surface area contributed by atoms with E-state index < -0.39 is 0 Å². The van der Waals surface area contributed by atoms with Gasteiger partial charge in [-0.25, -0.2) is 4.98 Å². The molecule has 0 spiro atoms. The van der Waals surface area contributed by atoms with Crippen LogP contribution in [0.4, 0.5) is 5.69 Å². The third kappa shape index (κ3) is 4.55. The van der Waals surface area contributed by atoms with Crippen molar-refractivity contribution >= 4 is 17.0 Å². The summed E-state index contributed by atoms with van der Waals surface area (Å²) in [6, 6.07) is 8.49. The zero-order valence-electron chi connectivity index (χ0n) is 13.6. The average Bonchev–Trinajstić information content (AvgIpc) is 2.86. The number of hydrogen-bond donors (Lipinski definition) is 1. The molecule has 4 heteroatoms. The Morgan fingerprint density at radius 2 is 1.90 bits per heavy atom. The molecule has 0 bridgehead atoms. The summed E-state index contributed by atoms with van der Waals surface area (Å²) < 4.78 is 0. The van der Waals surface area contributed by atoms with Crippen molar-refractivity contribution in [1.82, 2.24) is 9.88 Å². The lowest BCUT2D eigenvalue weighted by Gasteiger charge is -2.15. The summed E-state index contributed by atoms with van der Waals surface area (Å²) in [7, 11) is 4.19. The van der Waals surface area contributed by atoms with Crippen molar-refractivity contribution in [2.45, 2.75) is 39.3 Å². The first-order valence-electron chi connectivity index (χ1n) is 7.28. The Morgan fingerprint density at radius 1 is 1.19 bits per heavy atom. The van der Waals surface area contributed by atoms with Crippen molar-refractivity contribution in [3.63, 3.8) is 0 Å². The molecule has 1 N–H and O–H groups in total. The Morgan fingerprint density at radius 3 is 2.52 bits per heavy atom. The molecule has 0 aliphatic heterocycles. The van der Waals surface area contributed by atoms with E-state index in [9.17, 15) is 0 Å². The minimum absolute atomic E-state index is 0.131. The Bertz CT molecular complexity index is 582. The van der Waals surface area contributed by atoms with E-state index in [1.54, 1.807) is 11.3 Å². The summed E-state index contributed by atoms with van der Waals surface area (Å²) in [6.45, 7) is 8.39. The van der Waals surface area contributed by atoms with Gasteiger partial charge in [0, 0.05) is 28.7 Å². The second-order valence-electron chi connectivity index (χ2n) is 6.63. The van der Waals surface area contributed by atoms with E-state index in [0.29, 0.717) is 0 Å². The van der Waals surface area contributed by atoms with Crippen molar-refractivity contribution in [2.75, 3.05) is 19.4 Å². The van der Waals surface area contributed by atoms with E-state index >= 15 is 0 Å². The molecule has 1 aromatic carbocycles. The predicted molar refractivity (Wildman–Crippen MR) is 92.0 cm³/mol. The molecule has 21 heavy (non-hydrogen) atoms. The van der Waals surface area contributed by atoms with E-state index in [0.717, 1.165) is 13.1 Å². The topological polar surface area (TPSA) is 28.2 Å². The maximum atomic E-state index is 4.54. The van der Waals surface area contributed by atoms with E-state index in [2.05, 4.69) is 74.3 Å². The third-order valence-electron chi connectivity index (χ3n) is 3.15. The van der Waals surface area contributed by atoms with Crippen LogP contribution in [0.25, 0.3) is 0 Å². The maximum Gasteiger partial charge on any atom is 0.0981 e. The number of nitrogens with one attached hydrogen (secondary N) is 1. The van der Waals surface area contributed by atoms with Crippen LogP contribution in [0.2, 0.25) is 0 Å². The molecule has 0 unspecified atom stereocenters. The fourth-order valence-corrected chi connectivity index (χ4v) is 3.00. The van der Waals surface area contributed by atoms with Crippen molar-refractivity contribution in [1.29, 1.82) is 0 Å². The molecule has 0 aliphatic rings. The number of aromatic nitrogens is 1. The van der Waals surface area contributed by atoms with Gasteiger partial charge in [0.25, 0.3) is 0 Å². The molecule has 1 aromatic heterocycles. The van der Waals surface area contributed by atoms with E-state index in [-0.39, 0.29) is 5.41 Å². The number of anilines is 1. The SMILES string of the molecule is CN(C)Cc1ccccc1NCc1cnc(C(C)(C)C)s1. The zero-order chi connectivity index (χ0) is 15.5. The first kappa shape index (κ1) is 16.0. The van der Waals surface area contributed by atoms with Crippen LogP contribution in [0.1, 0.15) is 36.2 Å². The van der Waals surface area contributed by atoms with Crippen LogP contribution in [-0.4, -0.2) is 24.0 Å². The fraction of sp³-hybridized carbons (Fsp3) is 0.471. The third-order valence-corrected chi connectivity index (χ3v) is 4.58. The molecule has 3 nitrogen and oxygen atoms in total. The molecule has 0 radical (unpaired) electrons. The number of para-hydroxylation sites is 1. The van der Waals surface area contributed by atoms with Gasteiger partial charge in [-0.3, -0.25) is 0 Å². The van der Waals surface area contributed by atoms with Gasteiger partial charge in [0.2, 0.25) is 0 Å². The number of thiazole rings is 1. The highest BCUT2D eigenvalue weighted by atomic mass is 32.1. The highest BCUT2D eigenvalue weighted by Gasteiger charge is 2.17. The molecule has 2 aromatic rings. The summed E-state index contributed by atoms with van der Waals surface area (Å²) >= 11 is 1.79. The van der Waals surface area contributed by atoms with Crippen LogP contribution in [0, 0.1) is 0 Å². The van der Waals surface area contributed by atoms with Crippen LogP contribution in [-0.2, 0) is 18.5 Å². The number of benzene rings is 1. The van der Waals surface area contributed by atoms with E-state index in [1.165, 1.54) is 21.1 Å². The van der Waals surface area contributed by atoms with Gasteiger partial charge in [-0.05, 0) is 25.7 Å².